The zero-order valence-corrected chi connectivity index (χ0v) is 21.0. The van der Waals surface area contributed by atoms with Crippen molar-refractivity contribution in [2.75, 3.05) is 0 Å². The van der Waals surface area contributed by atoms with E-state index in [0.29, 0.717) is 0 Å². The molecule has 42 heavy (non-hydrogen) atoms. The lowest BCUT2D eigenvalue weighted by molar-refractivity contribution is 1.61. The van der Waals surface area contributed by atoms with Gasteiger partial charge in [0.05, 0.1) is 38.4 Å². The van der Waals surface area contributed by atoms with Crippen molar-refractivity contribution in [3.8, 4) is 44.5 Å². The summed E-state index contributed by atoms with van der Waals surface area (Å²) in [7, 11) is 0. The standard InChI is InChI=1S/C42H28/c1-3-11-29(12-4-1)31-19-21-32(22-20-31)41-37-15-7-9-17-39(37)42(40-18-10-8-16-38(40)41)36-26-25-34-27-33(23-24-35(34)28-36)30-13-5-2-6-14-30/h1-28H/i1D,2D,3D,4D,5D,6D,7D,8D,9D,10D,11D,12D,13D,14D,15D,16D,17D,18D,19D,20D,21D,22D,23D,24D,25D,26D,27D,28D. The minimum absolute atomic E-state index is 0.701. The first-order valence-corrected chi connectivity index (χ1v) is 12.2. The molecule has 0 aliphatic rings. The van der Waals surface area contributed by atoms with Crippen LogP contribution in [0.4, 0.5) is 0 Å². The maximum absolute atomic E-state index is 9.61. The Morgan fingerprint density at radius 2 is 0.595 bits per heavy atom. The van der Waals surface area contributed by atoms with Gasteiger partial charge in [-0.15, -0.1) is 0 Å². The lowest BCUT2D eigenvalue weighted by atomic mass is 9.85. The number of hydrogen-bond donors (Lipinski definition) is 0. The molecule has 0 atom stereocenters. The first-order valence-electron chi connectivity index (χ1n) is 26.2. The van der Waals surface area contributed by atoms with Crippen LogP contribution in [0.15, 0.2) is 169 Å². The van der Waals surface area contributed by atoms with Gasteiger partial charge in [-0.05, 0) is 88.9 Å². The molecule has 0 spiro atoms. The zero-order chi connectivity index (χ0) is 52.2. The quantitative estimate of drug-likeness (QED) is 0.188. The van der Waals surface area contributed by atoms with Crippen LogP contribution in [-0.4, -0.2) is 0 Å². The van der Waals surface area contributed by atoms with Crippen molar-refractivity contribution in [1.82, 2.24) is 0 Å². The maximum Gasteiger partial charge on any atom is 0.0636 e. The van der Waals surface area contributed by atoms with Crippen LogP contribution in [-0.2, 0) is 0 Å². The van der Waals surface area contributed by atoms with Crippen LogP contribution in [0.2, 0.25) is 0 Å². The molecule has 0 saturated carbocycles. The van der Waals surface area contributed by atoms with Crippen LogP contribution in [0.25, 0.3) is 76.8 Å². The first kappa shape index (κ1) is 9.02. The smallest absolute Gasteiger partial charge is 0.0622 e. The summed E-state index contributed by atoms with van der Waals surface area (Å²) in [5, 5.41) is -4.48. The molecule has 0 bridgehead atoms. The van der Waals surface area contributed by atoms with E-state index in [2.05, 4.69) is 0 Å². The Labute approximate surface area is 285 Å². The van der Waals surface area contributed by atoms with Crippen molar-refractivity contribution >= 4 is 32.3 Å². The largest absolute Gasteiger partial charge is 0.0636 e. The van der Waals surface area contributed by atoms with E-state index in [1.54, 1.807) is 0 Å². The lowest BCUT2D eigenvalue weighted by Crippen LogP contribution is -1.91. The molecule has 0 amide bonds. The summed E-state index contributed by atoms with van der Waals surface area (Å²) in [5.74, 6) is 0. The Kier molecular flexibility index (Phi) is 2.19. The summed E-state index contributed by atoms with van der Waals surface area (Å²) in [5.41, 5.74) is -6.16. The molecule has 0 saturated heterocycles. The Balaban J connectivity index is 1.64. The second-order valence-corrected chi connectivity index (χ2v) is 8.75. The molecule has 8 rings (SSSR count). The summed E-state index contributed by atoms with van der Waals surface area (Å²) < 4.78 is 248. The summed E-state index contributed by atoms with van der Waals surface area (Å²) in [6, 6.07) is -26.9. The number of hydrogen-bond acceptors (Lipinski definition) is 0. The predicted octanol–water partition coefficient (Wildman–Crippen LogP) is 11.8. The maximum atomic E-state index is 9.61. The molecule has 0 radical (unpaired) electrons. The van der Waals surface area contributed by atoms with E-state index in [1.807, 2.05) is 0 Å². The molecule has 0 aromatic heterocycles. The van der Waals surface area contributed by atoms with Gasteiger partial charge in [-0.25, -0.2) is 0 Å². The number of fused-ring (bicyclic) bond motifs is 3. The predicted molar refractivity (Wildman–Crippen MR) is 181 cm³/mol. The van der Waals surface area contributed by atoms with Gasteiger partial charge in [0.25, 0.3) is 0 Å². The monoisotopic (exact) mass is 560 g/mol. The highest BCUT2D eigenvalue weighted by Crippen LogP contribution is 2.44. The molecule has 8 aromatic rings. The van der Waals surface area contributed by atoms with Gasteiger partial charge < -0.3 is 0 Å². The fraction of sp³-hybridized carbons (Fsp3) is 0. The van der Waals surface area contributed by atoms with Crippen LogP contribution in [0, 0.1) is 0 Å². The van der Waals surface area contributed by atoms with Crippen molar-refractivity contribution in [2.45, 2.75) is 0 Å². The lowest BCUT2D eigenvalue weighted by Gasteiger charge is -2.18. The average Bonchev–Trinajstić information content (AvgIpc) is 3.32. The van der Waals surface area contributed by atoms with Crippen LogP contribution >= 0.6 is 0 Å². The summed E-state index contributed by atoms with van der Waals surface area (Å²) in [4.78, 5) is 0. The minimum atomic E-state index is -1.07. The van der Waals surface area contributed by atoms with E-state index in [1.165, 1.54) is 0 Å². The van der Waals surface area contributed by atoms with Gasteiger partial charge in [0, 0.05) is 0 Å². The van der Waals surface area contributed by atoms with Crippen LogP contribution in [0.1, 0.15) is 38.4 Å². The van der Waals surface area contributed by atoms with E-state index in [4.69, 9.17) is 24.7 Å². The number of benzene rings is 8. The van der Waals surface area contributed by atoms with Crippen molar-refractivity contribution in [2.24, 2.45) is 0 Å². The third-order valence-electron chi connectivity index (χ3n) is 6.38. The van der Waals surface area contributed by atoms with Crippen molar-refractivity contribution in [3.05, 3.63) is 169 Å². The highest BCUT2D eigenvalue weighted by Gasteiger charge is 2.17. The normalized spacial score (nSPS) is 20.7. The second kappa shape index (κ2) is 10.2. The van der Waals surface area contributed by atoms with Gasteiger partial charge in [0.2, 0.25) is 0 Å². The van der Waals surface area contributed by atoms with Gasteiger partial charge in [-0.2, -0.15) is 0 Å². The van der Waals surface area contributed by atoms with E-state index in [9.17, 15) is 13.7 Å². The SMILES string of the molecule is [2H]c1c([2H])c([2H])c(-c2c([2H])c([2H])c(-c3c4c([2H])c([2H])c([2H])c([2H])c4c(-c4c([2H])c([2H])c5c([2H])c(-c6c([2H])c([2H])c([2H])c([2H])c6[2H])c([2H])c([2H])c5c4[2H])c4c([2H])c([2H])c([2H])c([2H])c34)c([2H])c2[2H])c([2H])c1[2H]. The molecular formula is C42H28. The highest BCUT2D eigenvalue weighted by atomic mass is 14.2. The Morgan fingerprint density at radius 3 is 1.12 bits per heavy atom. The molecule has 0 heteroatoms. The topological polar surface area (TPSA) is 0 Å². The summed E-state index contributed by atoms with van der Waals surface area (Å²) >= 11 is 0. The molecule has 0 N–H and O–H groups in total. The molecule has 0 aliphatic carbocycles. The molecule has 8 aromatic carbocycles. The molecule has 0 aliphatic heterocycles. The van der Waals surface area contributed by atoms with E-state index < -0.39 is 246 Å². The van der Waals surface area contributed by atoms with Gasteiger partial charge in [0.15, 0.2) is 0 Å². The Bertz CT molecular complexity index is 3630. The Hall–Kier alpha value is -5.46. The first-order chi connectivity index (χ1) is 32.5. The van der Waals surface area contributed by atoms with Gasteiger partial charge in [0.1, 0.15) is 0 Å². The second-order valence-electron chi connectivity index (χ2n) is 8.75. The van der Waals surface area contributed by atoms with Gasteiger partial charge in [-0.3, -0.25) is 0 Å². The zero-order valence-electron chi connectivity index (χ0n) is 49.0. The van der Waals surface area contributed by atoms with E-state index in [-0.39, 0.29) is 0 Å². The van der Waals surface area contributed by atoms with Crippen LogP contribution in [0.5, 0.6) is 0 Å². The molecule has 0 heterocycles. The molecule has 0 nitrogen and oxygen atoms in total. The molecular weight excluding hydrogens is 504 g/mol. The average molecular weight is 561 g/mol. The van der Waals surface area contributed by atoms with Crippen LogP contribution < -0.4 is 0 Å². The third kappa shape index (κ3) is 4.17. The Morgan fingerprint density at radius 1 is 0.262 bits per heavy atom. The molecule has 196 valence electrons. The fourth-order valence-electron chi connectivity index (χ4n) is 4.56. The minimum Gasteiger partial charge on any atom is -0.0622 e. The van der Waals surface area contributed by atoms with Crippen molar-refractivity contribution in [1.29, 1.82) is 0 Å². The molecule has 0 fully saturated rings. The number of rotatable bonds is 4. The summed E-state index contributed by atoms with van der Waals surface area (Å²) in [6.45, 7) is 0. The van der Waals surface area contributed by atoms with E-state index >= 15 is 0 Å². The van der Waals surface area contributed by atoms with Crippen LogP contribution in [0.3, 0.4) is 0 Å². The van der Waals surface area contributed by atoms with Crippen molar-refractivity contribution in [3.63, 3.8) is 0 Å². The van der Waals surface area contributed by atoms with Crippen molar-refractivity contribution < 1.29 is 38.4 Å². The summed E-state index contributed by atoms with van der Waals surface area (Å²) in [6.07, 6.45) is 0. The molecule has 0 unspecified atom stereocenters. The highest BCUT2D eigenvalue weighted by molar-refractivity contribution is 6.21. The fourth-order valence-corrected chi connectivity index (χ4v) is 4.56. The third-order valence-corrected chi connectivity index (χ3v) is 6.38. The van der Waals surface area contributed by atoms with Gasteiger partial charge in [-0.1, -0.05) is 157 Å². The van der Waals surface area contributed by atoms with E-state index in [0.717, 1.165) is 0 Å². The van der Waals surface area contributed by atoms with Gasteiger partial charge >= 0.3 is 0 Å².